The van der Waals surface area contributed by atoms with Crippen LogP contribution in [0.5, 0.6) is 5.75 Å². The largest absolute Gasteiger partial charge is 0.496 e. The first kappa shape index (κ1) is 14.4. The van der Waals surface area contributed by atoms with Gasteiger partial charge >= 0.3 is 0 Å². The second-order valence-electron chi connectivity index (χ2n) is 5.08. The van der Waals surface area contributed by atoms with Gasteiger partial charge in [0.1, 0.15) is 5.75 Å². The maximum atomic E-state index is 6.12. The standard InChI is InChI=1S/C17H22N2O/c1-12-8-10-14(11-9-12)19(3)15-6-5-7-16(20-4)17(15)13(2)18/h5-11,13H,18H2,1-4H3/t13-/m1/s1. The Labute approximate surface area is 121 Å². The first-order chi connectivity index (χ1) is 9.54. The van der Waals surface area contributed by atoms with Gasteiger partial charge in [0, 0.05) is 30.0 Å². The molecule has 2 aromatic rings. The predicted octanol–water partition coefficient (Wildman–Crippen LogP) is 3.79. The predicted molar refractivity (Wildman–Crippen MR) is 84.8 cm³/mol. The third kappa shape index (κ3) is 2.78. The van der Waals surface area contributed by atoms with E-state index in [4.69, 9.17) is 10.5 Å². The van der Waals surface area contributed by atoms with Crippen LogP contribution in [-0.4, -0.2) is 14.2 Å². The average molecular weight is 270 g/mol. The van der Waals surface area contributed by atoms with Gasteiger partial charge in [-0.25, -0.2) is 0 Å². The molecule has 0 aliphatic carbocycles. The fraction of sp³-hybridized carbons (Fsp3) is 0.294. The molecule has 106 valence electrons. The molecule has 0 heterocycles. The Morgan fingerprint density at radius 2 is 1.75 bits per heavy atom. The zero-order valence-electron chi connectivity index (χ0n) is 12.6. The monoisotopic (exact) mass is 270 g/mol. The average Bonchev–Trinajstić information content (AvgIpc) is 2.46. The van der Waals surface area contributed by atoms with Crippen molar-refractivity contribution in [3.8, 4) is 5.75 Å². The number of hydrogen-bond donors (Lipinski definition) is 1. The van der Waals surface area contributed by atoms with Gasteiger partial charge in [-0.05, 0) is 38.1 Å². The number of ether oxygens (including phenoxy) is 1. The lowest BCUT2D eigenvalue weighted by atomic mass is 10.0. The summed E-state index contributed by atoms with van der Waals surface area (Å²) in [6, 6.07) is 14.4. The molecule has 1 atom stereocenters. The number of methoxy groups -OCH3 is 1. The highest BCUT2D eigenvalue weighted by Crippen LogP contribution is 2.36. The minimum Gasteiger partial charge on any atom is -0.496 e. The summed E-state index contributed by atoms with van der Waals surface area (Å²) < 4.78 is 5.45. The van der Waals surface area contributed by atoms with Crippen molar-refractivity contribution < 1.29 is 4.74 Å². The number of nitrogens with two attached hydrogens (primary N) is 1. The molecule has 0 spiro atoms. The Balaban J connectivity index is 2.48. The lowest BCUT2D eigenvalue weighted by Gasteiger charge is -2.25. The maximum Gasteiger partial charge on any atom is 0.125 e. The van der Waals surface area contributed by atoms with Crippen LogP contribution >= 0.6 is 0 Å². The zero-order chi connectivity index (χ0) is 14.7. The lowest BCUT2D eigenvalue weighted by molar-refractivity contribution is 0.407. The number of hydrogen-bond acceptors (Lipinski definition) is 3. The van der Waals surface area contributed by atoms with Crippen LogP contribution in [0.15, 0.2) is 42.5 Å². The summed E-state index contributed by atoms with van der Waals surface area (Å²) in [7, 11) is 3.72. The summed E-state index contributed by atoms with van der Waals surface area (Å²) in [5, 5.41) is 0. The van der Waals surface area contributed by atoms with E-state index in [-0.39, 0.29) is 6.04 Å². The highest BCUT2D eigenvalue weighted by Gasteiger charge is 2.16. The quantitative estimate of drug-likeness (QED) is 0.918. The van der Waals surface area contributed by atoms with Crippen molar-refractivity contribution in [2.24, 2.45) is 5.73 Å². The van der Waals surface area contributed by atoms with Crippen LogP contribution in [-0.2, 0) is 0 Å². The summed E-state index contributed by atoms with van der Waals surface area (Å²) in [6.45, 7) is 4.06. The maximum absolute atomic E-state index is 6.12. The molecule has 0 unspecified atom stereocenters. The van der Waals surface area contributed by atoms with Crippen LogP contribution < -0.4 is 15.4 Å². The Morgan fingerprint density at radius 3 is 2.30 bits per heavy atom. The molecule has 0 aliphatic rings. The summed E-state index contributed by atoms with van der Waals surface area (Å²) in [5.74, 6) is 0.830. The molecule has 0 saturated carbocycles. The van der Waals surface area contributed by atoms with Crippen molar-refractivity contribution in [3.63, 3.8) is 0 Å². The molecular formula is C17H22N2O. The van der Waals surface area contributed by atoms with Gasteiger partial charge in [0.15, 0.2) is 0 Å². The summed E-state index contributed by atoms with van der Waals surface area (Å²) in [6.07, 6.45) is 0. The molecule has 0 radical (unpaired) electrons. The Kier molecular flexibility index (Phi) is 4.30. The van der Waals surface area contributed by atoms with Gasteiger partial charge in [-0.15, -0.1) is 0 Å². The third-order valence-corrected chi connectivity index (χ3v) is 3.50. The normalized spacial score (nSPS) is 12.1. The van der Waals surface area contributed by atoms with Crippen molar-refractivity contribution in [3.05, 3.63) is 53.6 Å². The van der Waals surface area contributed by atoms with Gasteiger partial charge in [-0.1, -0.05) is 23.8 Å². The molecule has 0 amide bonds. The van der Waals surface area contributed by atoms with Crippen molar-refractivity contribution in [2.75, 3.05) is 19.1 Å². The molecule has 2 rings (SSSR count). The van der Waals surface area contributed by atoms with Crippen molar-refractivity contribution in [1.82, 2.24) is 0 Å². The van der Waals surface area contributed by atoms with Crippen LogP contribution in [0, 0.1) is 6.92 Å². The van der Waals surface area contributed by atoms with Crippen molar-refractivity contribution in [2.45, 2.75) is 19.9 Å². The van der Waals surface area contributed by atoms with E-state index < -0.39 is 0 Å². The van der Waals surface area contributed by atoms with E-state index in [1.54, 1.807) is 7.11 Å². The molecular weight excluding hydrogens is 248 g/mol. The highest BCUT2D eigenvalue weighted by molar-refractivity contribution is 5.69. The minimum absolute atomic E-state index is 0.0888. The van der Waals surface area contributed by atoms with E-state index in [9.17, 15) is 0 Å². The van der Waals surface area contributed by atoms with Crippen LogP contribution in [0.2, 0.25) is 0 Å². The van der Waals surface area contributed by atoms with Crippen LogP contribution in [0.25, 0.3) is 0 Å². The van der Waals surface area contributed by atoms with Gasteiger partial charge in [0.2, 0.25) is 0 Å². The fourth-order valence-corrected chi connectivity index (χ4v) is 2.37. The van der Waals surface area contributed by atoms with E-state index in [0.717, 1.165) is 22.7 Å². The van der Waals surface area contributed by atoms with Gasteiger partial charge < -0.3 is 15.4 Å². The molecule has 2 aromatic carbocycles. The summed E-state index contributed by atoms with van der Waals surface area (Å²) >= 11 is 0. The zero-order valence-corrected chi connectivity index (χ0v) is 12.6. The van der Waals surface area contributed by atoms with E-state index in [1.807, 2.05) is 26.1 Å². The Hall–Kier alpha value is -2.00. The fourth-order valence-electron chi connectivity index (χ4n) is 2.37. The second-order valence-corrected chi connectivity index (χ2v) is 5.08. The van der Waals surface area contributed by atoms with E-state index in [0.29, 0.717) is 0 Å². The van der Waals surface area contributed by atoms with Crippen LogP contribution in [0.3, 0.4) is 0 Å². The topological polar surface area (TPSA) is 38.5 Å². The molecule has 0 aromatic heterocycles. The van der Waals surface area contributed by atoms with Crippen LogP contribution in [0.4, 0.5) is 11.4 Å². The number of benzene rings is 2. The molecule has 3 heteroatoms. The number of nitrogens with zero attached hydrogens (tertiary/aromatic N) is 1. The van der Waals surface area contributed by atoms with E-state index in [1.165, 1.54) is 5.56 Å². The highest BCUT2D eigenvalue weighted by atomic mass is 16.5. The van der Waals surface area contributed by atoms with Crippen LogP contribution in [0.1, 0.15) is 24.1 Å². The Bertz CT molecular complexity index is 576. The van der Waals surface area contributed by atoms with Gasteiger partial charge in [0.05, 0.1) is 7.11 Å². The molecule has 0 fully saturated rings. The molecule has 2 N–H and O–H groups in total. The van der Waals surface area contributed by atoms with Crippen molar-refractivity contribution >= 4 is 11.4 Å². The molecule has 0 bridgehead atoms. The second kappa shape index (κ2) is 5.97. The number of anilines is 2. The minimum atomic E-state index is -0.0888. The van der Waals surface area contributed by atoms with E-state index >= 15 is 0 Å². The van der Waals surface area contributed by atoms with Gasteiger partial charge in [-0.3, -0.25) is 0 Å². The Morgan fingerprint density at radius 1 is 1.10 bits per heavy atom. The smallest absolute Gasteiger partial charge is 0.125 e. The molecule has 3 nitrogen and oxygen atoms in total. The first-order valence-corrected chi connectivity index (χ1v) is 6.77. The first-order valence-electron chi connectivity index (χ1n) is 6.77. The van der Waals surface area contributed by atoms with Crippen molar-refractivity contribution in [1.29, 1.82) is 0 Å². The van der Waals surface area contributed by atoms with Gasteiger partial charge in [-0.2, -0.15) is 0 Å². The number of rotatable bonds is 4. The molecule has 20 heavy (non-hydrogen) atoms. The van der Waals surface area contributed by atoms with E-state index in [2.05, 4.69) is 42.2 Å². The SMILES string of the molecule is COc1cccc(N(C)c2ccc(C)cc2)c1[C@@H](C)N. The molecule has 0 saturated heterocycles. The third-order valence-electron chi connectivity index (χ3n) is 3.50. The summed E-state index contributed by atoms with van der Waals surface area (Å²) in [4.78, 5) is 2.14. The molecule has 0 aliphatic heterocycles. The number of aryl methyl sites for hydroxylation is 1. The summed E-state index contributed by atoms with van der Waals surface area (Å²) in [5.41, 5.74) is 10.6. The lowest BCUT2D eigenvalue weighted by Crippen LogP contribution is -2.16. The van der Waals surface area contributed by atoms with Gasteiger partial charge in [0.25, 0.3) is 0 Å².